The fourth-order valence-electron chi connectivity index (χ4n) is 2.56. The number of halogens is 2. The van der Waals surface area contributed by atoms with Crippen LogP contribution in [0.25, 0.3) is 0 Å². The summed E-state index contributed by atoms with van der Waals surface area (Å²) in [5.74, 6) is -2.07. The number of hydrogen-bond acceptors (Lipinski definition) is 5. The maximum atomic E-state index is 13.3. The Morgan fingerprint density at radius 3 is 2.26 bits per heavy atom. The molecular weight excluding hydrogens is 378 g/mol. The van der Waals surface area contributed by atoms with E-state index in [0.717, 1.165) is 25.2 Å². The molecule has 1 aliphatic rings. The average molecular weight is 396 g/mol. The molecule has 0 unspecified atom stereocenters. The van der Waals surface area contributed by atoms with Gasteiger partial charge in [0.25, 0.3) is 0 Å². The number of hydrogen-bond donors (Lipinski definition) is 4. The summed E-state index contributed by atoms with van der Waals surface area (Å²) >= 11 is 0. The van der Waals surface area contributed by atoms with E-state index in [9.17, 15) is 22.0 Å². The number of carbonyl (C=O) groups excluding carboxylic acids is 1. The molecule has 1 fully saturated rings. The minimum Gasteiger partial charge on any atom is -0.337 e. The van der Waals surface area contributed by atoms with Gasteiger partial charge in [-0.1, -0.05) is 0 Å². The van der Waals surface area contributed by atoms with E-state index in [2.05, 4.69) is 21.5 Å². The molecule has 1 saturated heterocycles. The molecule has 0 aromatic heterocycles. The number of rotatable bonds is 5. The summed E-state index contributed by atoms with van der Waals surface area (Å²) in [4.78, 5) is 11.4. The van der Waals surface area contributed by atoms with Crippen molar-refractivity contribution in [2.24, 2.45) is 5.92 Å². The second-order valence-corrected chi connectivity index (χ2v) is 8.02. The highest BCUT2D eigenvalue weighted by Crippen LogP contribution is 2.23. The van der Waals surface area contributed by atoms with Gasteiger partial charge in [-0.15, -0.1) is 0 Å². The quantitative estimate of drug-likeness (QED) is 0.576. The zero-order valence-corrected chi connectivity index (χ0v) is 14.9. The van der Waals surface area contributed by atoms with Crippen LogP contribution in [-0.2, 0) is 9.84 Å². The standard InChI is InChI=1S/C17H18F2N4O3S/c18-15-6-5-14(7-16(15)19)27(25,26)13-3-1-12(2-4-13)23-17(24)20-8-11-9-21-22-10-11/h1-7,11,21-22H,8-10H2,(H2,20,23,24). The number of amides is 2. The summed E-state index contributed by atoms with van der Waals surface area (Å²) in [6.45, 7) is 2.02. The molecule has 0 atom stereocenters. The van der Waals surface area contributed by atoms with Gasteiger partial charge < -0.3 is 10.6 Å². The summed E-state index contributed by atoms with van der Waals surface area (Å²) in [5.41, 5.74) is 6.33. The Balaban J connectivity index is 1.65. The van der Waals surface area contributed by atoms with E-state index in [1.54, 1.807) is 0 Å². The number of hydrazine groups is 1. The molecule has 0 radical (unpaired) electrons. The van der Waals surface area contributed by atoms with Crippen LogP contribution in [-0.4, -0.2) is 34.1 Å². The number of nitrogens with one attached hydrogen (secondary N) is 4. The predicted octanol–water partition coefficient (Wildman–Crippen LogP) is 1.64. The summed E-state index contributed by atoms with van der Waals surface area (Å²) < 4.78 is 51.3. The summed E-state index contributed by atoms with van der Waals surface area (Å²) in [6.07, 6.45) is 0. The van der Waals surface area contributed by atoms with Gasteiger partial charge in [-0.25, -0.2) is 22.0 Å². The second-order valence-electron chi connectivity index (χ2n) is 6.07. The molecule has 27 heavy (non-hydrogen) atoms. The van der Waals surface area contributed by atoms with Crippen LogP contribution in [0.5, 0.6) is 0 Å². The lowest BCUT2D eigenvalue weighted by Gasteiger charge is -2.11. The van der Waals surface area contributed by atoms with Crippen molar-refractivity contribution in [3.63, 3.8) is 0 Å². The lowest BCUT2D eigenvalue weighted by atomic mass is 10.2. The minimum atomic E-state index is -3.99. The number of anilines is 1. The molecule has 0 aliphatic carbocycles. The van der Waals surface area contributed by atoms with Gasteiger partial charge in [-0.05, 0) is 42.5 Å². The number of benzene rings is 2. The smallest absolute Gasteiger partial charge is 0.319 e. The van der Waals surface area contributed by atoms with Crippen LogP contribution in [0.1, 0.15) is 0 Å². The molecule has 0 saturated carbocycles. The predicted molar refractivity (Wildman–Crippen MR) is 94.8 cm³/mol. The fraction of sp³-hybridized carbons (Fsp3) is 0.235. The van der Waals surface area contributed by atoms with Crippen molar-refractivity contribution < 1.29 is 22.0 Å². The first-order valence-corrected chi connectivity index (χ1v) is 9.65. The van der Waals surface area contributed by atoms with Gasteiger partial charge in [0.15, 0.2) is 11.6 Å². The van der Waals surface area contributed by atoms with Crippen LogP contribution in [0.3, 0.4) is 0 Å². The summed E-state index contributed by atoms with van der Waals surface area (Å²) in [6, 6.07) is 7.41. The Morgan fingerprint density at radius 1 is 1.00 bits per heavy atom. The Bertz CT molecular complexity index is 930. The number of sulfone groups is 1. The molecule has 0 spiro atoms. The SMILES string of the molecule is O=C(NCC1CNNC1)Nc1ccc(S(=O)(=O)c2ccc(F)c(F)c2)cc1. The molecule has 2 aromatic carbocycles. The highest BCUT2D eigenvalue weighted by molar-refractivity contribution is 7.91. The molecule has 10 heteroatoms. The van der Waals surface area contributed by atoms with Crippen LogP contribution in [0.15, 0.2) is 52.3 Å². The Labute approximate surface area is 155 Å². The molecule has 2 aromatic rings. The zero-order valence-electron chi connectivity index (χ0n) is 14.1. The normalized spacial score (nSPS) is 14.9. The largest absolute Gasteiger partial charge is 0.337 e. The maximum Gasteiger partial charge on any atom is 0.319 e. The van der Waals surface area contributed by atoms with Crippen LogP contribution >= 0.6 is 0 Å². The Kier molecular flexibility index (Phi) is 5.68. The van der Waals surface area contributed by atoms with Gasteiger partial charge >= 0.3 is 6.03 Å². The van der Waals surface area contributed by atoms with Crippen LogP contribution in [0, 0.1) is 17.6 Å². The summed E-state index contributed by atoms with van der Waals surface area (Å²) in [5, 5.41) is 5.34. The molecule has 3 rings (SSSR count). The van der Waals surface area contributed by atoms with E-state index in [4.69, 9.17) is 0 Å². The van der Waals surface area contributed by atoms with Gasteiger partial charge in [-0.3, -0.25) is 10.9 Å². The lowest BCUT2D eigenvalue weighted by Crippen LogP contribution is -2.34. The van der Waals surface area contributed by atoms with Crippen LogP contribution < -0.4 is 21.5 Å². The highest BCUT2D eigenvalue weighted by atomic mass is 32.2. The van der Waals surface area contributed by atoms with E-state index >= 15 is 0 Å². The van der Waals surface area contributed by atoms with E-state index in [-0.39, 0.29) is 9.79 Å². The van der Waals surface area contributed by atoms with Gasteiger partial charge in [-0.2, -0.15) is 0 Å². The minimum absolute atomic E-state index is 0.0948. The van der Waals surface area contributed by atoms with Crippen LogP contribution in [0.4, 0.5) is 19.3 Å². The number of carbonyl (C=O) groups is 1. The van der Waals surface area contributed by atoms with E-state index in [1.165, 1.54) is 24.3 Å². The van der Waals surface area contributed by atoms with Crippen LogP contribution in [0.2, 0.25) is 0 Å². The van der Waals surface area contributed by atoms with Gasteiger partial charge in [0, 0.05) is 31.2 Å². The Hall–Kier alpha value is -2.56. The molecule has 1 heterocycles. The van der Waals surface area contributed by atoms with E-state index < -0.39 is 27.5 Å². The van der Waals surface area contributed by atoms with Crippen molar-refractivity contribution in [2.45, 2.75) is 9.79 Å². The highest BCUT2D eigenvalue weighted by Gasteiger charge is 2.20. The maximum absolute atomic E-state index is 13.3. The van der Waals surface area contributed by atoms with Crippen molar-refractivity contribution in [2.75, 3.05) is 25.0 Å². The molecular formula is C17H18F2N4O3S. The molecule has 4 N–H and O–H groups in total. The van der Waals surface area contributed by atoms with Gasteiger partial charge in [0.2, 0.25) is 9.84 Å². The van der Waals surface area contributed by atoms with E-state index in [1.807, 2.05) is 0 Å². The van der Waals surface area contributed by atoms with Crippen molar-refractivity contribution >= 4 is 21.6 Å². The third-order valence-corrected chi connectivity index (χ3v) is 5.85. The van der Waals surface area contributed by atoms with E-state index in [0.29, 0.717) is 24.2 Å². The summed E-state index contributed by atoms with van der Waals surface area (Å²) in [7, 11) is -3.99. The molecule has 1 aliphatic heterocycles. The first-order valence-electron chi connectivity index (χ1n) is 8.17. The lowest BCUT2D eigenvalue weighted by molar-refractivity contribution is 0.250. The van der Waals surface area contributed by atoms with Crippen molar-refractivity contribution in [3.05, 3.63) is 54.1 Å². The molecule has 2 amide bonds. The monoisotopic (exact) mass is 396 g/mol. The first kappa shape index (κ1) is 19.2. The molecule has 144 valence electrons. The fourth-order valence-corrected chi connectivity index (χ4v) is 3.83. The van der Waals surface area contributed by atoms with Gasteiger partial charge in [0.05, 0.1) is 9.79 Å². The zero-order chi connectivity index (χ0) is 19.4. The topological polar surface area (TPSA) is 99.3 Å². The molecule has 0 bridgehead atoms. The van der Waals surface area contributed by atoms with Crippen molar-refractivity contribution in [1.29, 1.82) is 0 Å². The first-order chi connectivity index (χ1) is 12.9. The Morgan fingerprint density at radius 2 is 1.63 bits per heavy atom. The third-order valence-electron chi connectivity index (χ3n) is 4.08. The number of urea groups is 1. The average Bonchev–Trinajstić information content (AvgIpc) is 3.16. The van der Waals surface area contributed by atoms with Crippen molar-refractivity contribution in [1.82, 2.24) is 16.2 Å². The van der Waals surface area contributed by atoms with Crippen molar-refractivity contribution in [3.8, 4) is 0 Å². The third kappa shape index (κ3) is 4.59. The van der Waals surface area contributed by atoms with Gasteiger partial charge in [0.1, 0.15) is 0 Å². The second kappa shape index (κ2) is 7.99. The molecule has 7 nitrogen and oxygen atoms in total.